The lowest BCUT2D eigenvalue weighted by molar-refractivity contribution is 0.163. The van der Waals surface area contributed by atoms with Gasteiger partial charge >= 0.3 is 0 Å². The lowest BCUT2D eigenvalue weighted by Gasteiger charge is -2.05. The van der Waals surface area contributed by atoms with Crippen LogP contribution in [-0.2, 0) is 0 Å². The molecule has 0 spiro atoms. The Morgan fingerprint density at radius 2 is 2.27 bits per heavy atom. The average Bonchev–Trinajstić information content (AvgIpc) is 2.61. The Morgan fingerprint density at radius 3 is 3.00 bits per heavy atom. The lowest BCUT2D eigenvalue weighted by Crippen LogP contribution is -2.12. The average molecular weight is 234 g/mol. The zero-order valence-electron chi connectivity index (χ0n) is 7.34. The molecule has 2 aromatic heterocycles. The zero-order chi connectivity index (χ0) is 10.8. The predicted molar refractivity (Wildman–Crippen MR) is 51.2 cm³/mol. The van der Waals surface area contributed by atoms with Crippen molar-refractivity contribution in [2.24, 2.45) is 0 Å². The number of alkyl halides is 2. The smallest absolute Gasteiger partial charge is 0.255 e. The van der Waals surface area contributed by atoms with Gasteiger partial charge in [0, 0.05) is 0 Å². The number of anilines is 1. The second kappa shape index (κ2) is 3.93. The molecular formula is C7H6ClF2N5. The van der Waals surface area contributed by atoms with Gasteiger partial charge in [0.2, 0.25) is 5.28 Å². The lowest BCUT2D eigenvalue weighted by atomic mass is 10.5. The molecule has 0 saturated heterocycles. The van der Waals surface area contributed by atoms with Crippen molar-refractivity contribution in [3.8, 4) is 0 Å². The van der Waals surface area contributed by atoms with Gasteiger partial charge in [0.25, 0.3) is 6.43 Å². The number of fused-ring (bicyclic) bond motifs is 1. The molecule has 0 aliphatic heterocycles. The number of imidazole rings is 1. The van der Waals surface area contributed by atoms with Gasteiger partial charge in [-0.25, -0.2) is 13.8 Å². The van der Waals surface area contributed by atoms with Crippen molar-refractivity contribution < 1.29 is 8.78 Å². The molecule has 0 fully saturated rings. The van der Waals surface area contributed by atoms with E-state index in [2.05, 4.69) is 25.3 Å². The number of nitrogens with zero attached hydrogens (tertiary/aromatic N) is 3. The Hall–Kier alpha value is -1.50. The van der Waals surface area contributed by atoms with E-state index in [1.54, 1.807) is 0 Å². The third-order valence-electron chi connectivity index (χ3n) is 1.68. The minimum atomic E-state index is -2.46. The monoisotopic (exact) mass is 233 g/mol. The highest BCUT2D eigenvalue weighted by Crippen LogP contribution is 2.18. The van der Waals surface area contributed by atoms with Gasteiger partial charge in [-0.2, -0.15) is 9.97 Å². The van der Waals surface area contributed by atoms with Gasteiger partial charge in [-0.1, -0.05) is 0 Å². The predicted octanol–water partition coefficient (Wildman–Crippen LogP) is 1.68. The number of hydrogen-bond acceptors (Lipinski definition) is 4. The minimum Gasteiger partial charge on any atom is -0.362 e. The summed E-state index contributed by atoms with van der Waals surface area (Å²) in [4.78, 5) is 14.2. The summed E-state index contributed by atoms with van der Waals surface area (Å²) in [5.74, 6) is 0.225. The molecule has 0 aliphatic carbocycles. The number of hydrogen-bond donors (Lipinski definition) is 2. The van der Waals surface area contributed by atoms with E-state index in [1.807, 2.05) is 0 Å². The van der Waals surface area contributed by atoms with Crippen LogP contribution in [0.15, 0.2) is 6.33 Å². The summed E-state index contributed by atoms with van der Waals surface area (Å²) in [6.07, 6.45) is -1.07. The zero-order valence-corrected chi connectivity index (χ0v) is 8.09. The topological polar surface area (TPSA) is 66.5 Å². The molecule has 2 N–H and O–H groups in total. The quantitative estimate of drug-likeness (QED) is 0.792. The fourth-order valence-electron chi connectivity index (χ4n) is 1.11. The SMILES string of the molecule is FC(F)CNc1nc(Cl)nc2nc[nH]c12. The van der Waals surface area contributed by atoms with Crippen LogP contribution in [0.5, 0.6) is 0 Å². The molecule has 0 aromatic carbocycles. The normalized spacial score (nSPS) is 11.2. The highest BCUT2D eigenvalue weighted by molar-refractivity contribution is 6.28. The van der Waals surface area contributed by atoms with E-state index in [1.165, 1.54) is 6.33 Å². The van der Waals surface area contributed by atoms with Gasteiger partial charge in [-0.3, -0.25) is 0 Å². The number of aromatic amines is 1. The van der Waals surface area contributed by atoms with E-state index < -0.39 is 13.0 Å². The Kier molecular flexibility index (Phi) is 2.63. The van der Waals surface area contributed by atoms with E-state index in [9.17, 15) is 8.78 Å². The first-order chi connectivity index (χ1) is 7.16. The maximum atomic E-state index is 12.0. The molecule has 0 aliphatic rings. The van der Waals surface area contributed by atoms with E-state index in [0.29, 0.717) is 11.2 Å². The second-order valence-electron chi connectivity index (χ2n) is 2.71. The van der Waals surface area contributed by atoms with E-state index >= 15 is 0 Å². The Balaban J connectivity index is 2.35. The first-order valence-electron chi connectivity index (χ1n) is 4.05. The van der Waals surface area contributed by atoms with Crippen LogP contribution in [0.3, 0.4) is 0 Å². The number of halogens is 3. The van der Waals surface area contributed by atoms with Crippen LogP contribution in [0.4, 0.5) is 14.6 Å². The summed E-state index contributed by atoms with van der Waals surface area (Å²) in [7, 11) is 0. The van der Waals surface area contributed by atoms with Crippen LogP contribution in [-0.4, -0.2) is 32.9 Å². The summed E-state index contributed by atoms with van der Waals surface area (Å²) in [5, 5.41) is 2.42. The van der Waals surface area contributed by atoms with E-state index in [0.717, 1.165) is 0 Å². The van der Waals surface area contributed by atoms with Crippen molar-refractivity contribution in [2.45, 2.75) is 6.43 Å². The Labute approximate surface area is 87.9 Å². The maximum Gasteiger partial charge on any atom is 0.255 e. The van der Waals surface area contributed by atoms with Crippen molar-refractivity contribution in [1.29, 1.82) is 0 Å². The van der Waals surface area contributed by atoms with Gasteiger partial charge in [0.05, 0.1) is 12.9 Å². The van der Waals surface area contributed by atoms with Gasteiger partial charge < -0.3 is 10.3 Å². The molecule has 0 bridgehead atoms. The second-order valence-corrected chi connectivity index (χ2v) is 3.05. The maximum absolute atomic E-state index is 12.0. The van der Waals surface area contributed by atoms with E-state index in [4.69, 9.17) is 11.6 Å². The first-order valence-corrected chi connectivity index (χ1v) is 4.43. The highest BCUT2D eigenvalue weighted by atomic mass is 35.5. The molecular weight excluding hydrogens is 228 g/mol. The fraction of sp³-hybridized carbons (Fsp3) is 0.286. The molecule has 2 aromatic rings. The molecule has 0 atom stereocenters. The molecule has 0 radical (unpaired) electrons. The van der Waals surface area contributed by atoms with Crippen LogP contribution < -0.4 is 5.32 Å². The van der Waals surface area contributed by atoms with Crippen LogP contribution in [0.2, 0.25) is 5.28 Å². The number of H-pyrrole nitrogens is 1. The van der Waals surface area contributed by atoms with Gasteiger partial charge in [0.1, 0.15) is 5.52 Å². The van der Waals surface area contributed by atoms with Crippen molar-refractivity contribution in [1.82, 2.24) is 19.9 Å². The summed E-state index contributed by atoms with van der Waals surface area (Å²) in [6, 6.07) is 0. The third kappa shape index (κ3) is 2.12. The van der Waals surface area contributed by atoms with Crippen LogP contribution >= 0.6 is 11.6 Å². The Morgan fingerprint density at radius 1 is 1.47 bits per heavy atom. The molecule has 0 amide bonds. The minimum absolute atomic E-state index is 0.0358. The van der Waals surface area contributed by atoms with Crippen LogP contribution in [0, 0.1) is 0 Å². The molecule has 0 unspecified atom stereocenters. The van der Waals surface area contributed by atoms with Crippen molar-refractivity contribution in [3.63, 3.8) is 0 Å². The van der Waals surface area contributed by atoms with E-state index in [-0.39, 0.29) is 11.1 Å². The molecule has 80 valence electrons. The van der Waals surface area contributed by atoms with Crippen molar-refractivity contribution in [2.75, 3.05) is 11.9 Å². The molecule has 2 rings (SSSR count). The number of aromatic nitrogens is 4. The molecule has 8 heteroatoms. The summed E-state index contributed by atoms with van der Waals surface area (Å²) in [6.45, 7) is -0.499. The highest BCUT2D eigenvalue weighted by Gasteiger charge is 2.10. The number of rotatable bonds is 3. The first kappa shape index (κ1) is 10.0. The Bertz CT molecular complexity index is 471. The van der Waals surface area contributed by atoms with Gasteiger partial charge in [0.15, 0.2) is 11.5 Å². The molecule has 2 heterocycles. The summed E-state index contributed by atoms with van der Waals surface area (Å²) in [5.41, 5.74) is 0.798. The van der Waals surface area contributed by atoms with Crippen molar-refractivity contribution in [3.05, 3.63) is 11.6 Å². The standard InChI is InChI=1S/C7H6ClF2N5/c8-7-14-5(11-1-3(9)10)4-6(15-7)13-2-12-4/h2-3H,1H2,(H2,11,12,13,14,15). The van der Waals surface area contributed by atoms with Crippen molar-refractivity contribution >= 4 is 28.6 Å². The number of nitrogens with one attached hydrogen (secondary N) is 2. The van der Waals surface area contributed by atoms with Crippen LogP contribution in [0.25, 0.3) is 11.2 Å². The molecule has 15 heavy (non-hydrogen) atoms. The van der Waals surface area contributed by atoms with Gasteiger partial charge in [-0.05, 0) is 11.6 Å². The summed E-state index contributed by atoms with van der Waals surface area (Å²) < 4.78 is 24.0. The summed E-state index contributed by atoms with van der Waals surface area (Å²) >= 11 is 5.59. The molecule has 5 nitrogen and oxygen atoms in total. The fourth-order valence-corrected chi connectivity index (χ4v) is 1.27. The molecule has 0 saturated carbocycles. The third-order valence-corrected chi connectivity index (χ3v) is 1.85. The largest absolute Gasteiger partial charge is 0.362 e. The van der Waals surface area contributed by atoms with Gasteiger partial charge in [-0.15, -0.1) is 0 Å². The van der Waals surface area contributed by atoms with Crippen LogP contribution in [0.1, 0.15) is 0 Å².